The Labute approximate surface area is 184 Å². The summed E-state index contributed by atoms with van der Waals surface area (Å²) in [6.45, 7) is 5.32. The van der Waals surface area contributed by atoms with Gasteiger partial charge in [-0.2, -0.15) is 5.26 Å². The zero-order chi connectivity index (χ0) is 21.8. The van der Waals surface area contributed by atoms with Gasteiger partial charge in [0.25, 0.3) is 0 Å². The Morgan fingerprint density at radius 2 is 2.10 bits per heavy atom. The van der Waals surface area contributed by atoms with Crippen LogP contribution in [0, 0.1) is 23.7 Å². The predicted molar refractivity (Wildman–Crippen MR) is 119 cm³/mol. The van der Waals surface area contributed by atoms with Gasteiger partial charge in [-0.15, -0.1) is 6.42 Å². The number of nitrogens with zero attached hydrogens (tertiary/aromatic N) is 4. The van der Waals surface area contributed by atoms with Gasteiger partial charge in [-0.1, -0.05) is 25.2 Å². The van der Waals surface area contributed by atoms with Crippen molar-refractivity contribution in [2.45, 2.75) is 64.0 Å². The number of rotatable bonds is 3. The van der Waals surface area contributed by atoms with Gasteiger partial charge in [0.1, 0.15) is 11.9 Å². The van der Waals surface area contributed by atoms with Gasteiger partial charge in [0, 0.05) is 37.2 Å². The topological polar surface area (TPSA) is 81.5 Å². The van der Waals surface area contributed by atoms with Crippen molar-refractivity contribution in [2.24, 2.45) is 0 Å². The first-order chi connectivity index (χ1) is 15.1. The van der Waals surface area contributed by atoms with E-state index in [0.717, 1.165) is 41.9 Å². The van der Waals surface area contributed by atoms with Crippen LogP contribution in [0.5, 0.6) is 0 Å². The Morgan fingerprint density at radius 1 is 1.29 bits per heavy atom. The molecule has 0 aromatic carbocycles. The number of pyridine rings is 1. The average Bonchev–Trinajstić information content (AvgIpc) is 2.81. The van der Waals surface area contributed by atoms with E-state index in [9.17, 15) is 10.1 Å². The number of carbonyl (C=O) groups is 1. The second kappa shape index (κ2) is 9.58. The Morgan fingerprint density at radius 3 is 2.81 bits per heavy atom. The van der Waals surface area contributed by atoms with Gasteiger partial charge in [0.05, 0.1) is 31.0 Å². The van der Waals surface area contributed by atoms with Crippen LogP contribution in [-0.2, 0) is 17.8 Å². The van der Waals surface area contributed by atoms with Crippen molar-refractivity contribution in [3.63, 3.8) is 0 Å². The number of carbonyl (C=O) groups excluding carboxylic acids is 1. The summed E-state index contributed by atoms with van der Waals surface area (Å²) < 4.78 is 5.77. The van der Waals surface area contributed by atoms with Crippen molar-refractivity contribution in [3.05, 3.63) is 22.4 Å². The molecular weight excluding hydrogens is 390 g/mol. The SMILES string of the molecule is C#CCNC(=O)N1CCN(c2nc(C3CCCCC3)c3c(c2C#N)CCOC3)C[C@H]1C. The second-order valence-corrected chi connectivity index (χ2v) is 8.75. The summed E-state index contributed by atoms with van der Waals surface area (Å²) in [6, 6.07) is 2.32. The monoisotopic (exact) mass is 421 g/mol. The van der Waals surface area contributed by atoms with Crippen molar-refractivity contribution in [3.8, 4) is 18.4 Å². The molecule has 31 heavy (non-hydrogen) atoms. The predicted octanol–water partition coefficient (Wildman–Crippen LogP) is 2.93. The van der Waals surface area contributed by atoms with E-state index >= 15 is 0 Å². The van der Waals surface area contributed by atoms with Crippen LogP contribution in [0.4, 0.5) is 10.6 Å². The lowest BCUT2D eigenvalue weighted by Gasteiger charge is -2.41. The molecule has 0 spiro atoms. The second-order valence-electron chi connectivity index (χ2n) is 8.75. The minimum Gasteiger partial charge on any atom is -0.376 e. The van der Waals surface area contributed by atoms with E-state index in [1.54, 1.807) is 0 Å². The molecule has 1 saturated carbocycles. The number of anilines is 1. The van der Waals surface area contributed by atoms with E-state index in [-0.39, 0.29) is 18.6 Å². The third-order valence-electron chi connectivity index (χ3n) is 6.80. The minimum atomic E-state index is -0.135. The molecule has 0 unspecified atom stereocenters. The number of nitrogens with one attached hydrogen (secondary N) is 1. The first kappa shape index (κ1) is 21.5. The third kappa shape index (κ3) is 4.34. The van der Waals surface area contributed by atoms with Crippen LogP contribution in [0.25, 0.3) is 0 Å². The zero-order valence-corrected chi connectivity index (χ0v) is 18.3. The molecule has 1 aliphatic carbocycles. The number of ether oxygens (including phenoxy) is 1. The summed E-state index contributed by atoms with van der Waals surface area (Å²) in [7, 11) is 0. The minimum absolute atomic E-state index is 0.00244. The number of terminal acetylenes is 1. The summed E-state index contributed by atoms with van der Waals surface area (Å²) in [4.78, 5) is 21.5. The highest BCUT2D eigenvalue weighted by atomic mass is 16.5. The van der Waals surface area contributed by atoms with E-state index in [0.29, 0.717) is 44.3 Å². The number of amides is 2. The highest BCUT2D eigenvalue weighted by Gasteiger charge is 2.33. The quantitative estimate of drug-likeness (QED) is 0.759. The van der Waals surface area contributed by atoms with Gasteiger partial charge in [0.15, 0.2) is 0 Å². The van der Waals surface area contributed by atoms with Crippen LogP contribution in [0.15, 0.2) is 0 Å². The van der Waals surface area contributed by atoms with E-state index in [4.69, 9.17) is 16.1 Å². The lowest BCUT2D eigenvalue weighted by molar-refractivity contribution is 0.109. The zero-order valence-electron chi connectivity index (χ0n) is 18.3. The van der Waals surface area contributed by atoms with E-state index in [1.165, 1.54) is 19.3 Å². The molecule has 1 atom stereocenters. The number of nitriles is 1. The van der Waals surface area contributed by atoms with E-state index in [2.05, 4.69) is 22.2 Å². The molecule has 7 heteroatoms. The van der Waals surface area contributed by atoms with Gasteiger partial charge in [-0.05, 0) is 31.7 Å². The number of piperazine rings is 1. The van der Waals surface area contributed by atoms with Crippen molar-refractivity contribution < 1.29 is 9.53 Å². The maximum absolute atomic E-state index is 12.4. The molecule has 1 aromatic heterocycles. The molecule has 2 aliphatic heterocycles. The van der Waals surface area contributed by atoms with Crippen molar-refractivity contribution >= 4 is 11.8 Å². The maximum atomic E-state index is 12.4. The fourth-order valence-electron chi connectivity index (χ4n) is 5.20. The molecule has 1 saturated heterocycles. The van der Waals surface area contributed by atoms with Crippen LogP contribution < -0.4 is 10.2 Å². The first-order valence-electron chi connectivity index (χ1n) is 11.4. The van der Waals surface area contributed by atoms with Crippen molar-refractivity contribution in [1.82, 2.24) is 15.2 Å². The van der Waals surface area contributed by atoms with Gasteiger partial charge in [-0.3, -0.25) is 0 Å². The fraction of sp³-hybridized carbons (Fsp3) is 0.625. The molecule has 3 heterocycles. The number of urea groups is 1. The first-order valence-corrected chi connectivity index (χ1v) is 11.4. The lowest BCUT2D eigenvalue weighted by atomic mass is 9.82. The molecular formula is C24H31N5O2. The largest absolute Gasteiger partial charge is 0.376 e. The summed E-state index contributed by atoms with van der Waals surface area (Å²) >= 11 is 0. The average molecular weight is 422 g/mol. The molecule has 164 valence electrons. The molecule has 0 bridgehead atoms. The van der Waals surface area contributed by atoms with Gasteiger partial charge < -0.3 is 19.9 Å². The summed E-state index contributed by atoms with van der Waals surface area (Å²) in [5.74, 6) is 3.68. The third-order valence-corrected chi connectivity index (χ3v) is 6.80. The van der Waals surface area contributed by atoms with Gasteiger partial charge >= 0.3 is 6.03 Å². The van der Waals surface area contributed by atoms with Crippen molar-refractivity contribution in [2.75, 3.05) is 37.7 Å². The fourth-order valence-corrected chi connectivity index (χ4v) is 5.20. The molecule has 1 aromatic rings. The van der Waals surface area contributed by atoms with Crippen LogP contribution in [-0.4, -0.2) is 54.7 Å². The highest BCUT2D eigenvalue weighted by molar-refractivity contribution is 5.75. The van der Waals surface area contributed by atoms with E-state index in [1.807, 2.05) is 11.8 Å². The number of fused-ring (bicyclic) bond motifs is 1. The van der Waals surface area contributed by atoms with Gasteiger partial charge in [-0.25, -0.2) is 9.78 Å². The number of aromatic nitrogens is 1. The van der Waals surface area contributed by atoms with Crippen molar-refractivity contribution in [1.29, 1.82) is 5.26 Å². The normalized spacial score (nSPS) is 21.7. The Hall–Kier alpha value is -2.77. The molecule has 2 amide bonds. The smallest absolute Gasteiger partial charge is 0.318 e. The Balaban J connectivity index is 1.64. The standard InChI is InChI=1S/C24H31N5O2/c1-3-10-26-24(30)29-12-11-28(15-17(29)2)23-20(14-25)19-9-13-31-16-21(19)22(27-23)18-7-5-4-6-8-18/h1,17-18H,4-13,15-16H2,2H3,(H,26,30)/t17-/m1/s1. The van der Waals surface area contributed by atoms with E-state index < -0.39 is 0 Å². The van der Waals surface area contributed by atoms with Crippen LogP contribution >= 0.6 is 0 Å². The number of hydrogen-bond donors (Lipinski definition) is 1. The maximum Gasteiger partial charge on any atom is 0.318 e. The Kier molecular flexibility index (Phi) is 6.63. The molecule has 4 rings (SSSR count). The van der Waals surface area contributed by atoms with Crippen LogP contribution in [0.1, 0.15) is 67.3 Å². The summed E-state index contributed by atoms with van der Waals surface area (Å²) in [6.07, 6.45) is 12.1. The molecule has 3 aliphatic rings. The van der Waals surface area contributed by atoms with Gasteiger partial charge in [0.2, 0.25) is 0 Å². The molecule has 2 fully saturated rings. The Bertz CT molecular complexity index is 910. The summed E-state index contributed by atoms with van der Waals surface area (Å²) in [5.41, 5.74) is 4.11. The lowest BCUT2D eigenvalue weighted by Crippen LogP contribution is -2.57. The highest BCUT2D eigenvalue weighted by Crippen LogP contribution is 2.39. The molecule has 7 nitrogen and oxygen atoms in total. The van der Waals surface area contributed by atoms with Crippen LogP contribution in [0.2, 0.25) is 0 Å². The van der Waals surface area contributed by atoms with Crippen LogP contribution in [0.3, 0.4) is 0 Å². The number of hydrogen-bond acceptors (Lipinski definition) is 5. The molecule has 1 N–H and O–H groups in total. The molecule has 0 radical (unpaired) electrons. The summed E-state index contributed by atoms with van der Waals surface area (Å²) in [5, 5.41) is 12.8.